The minimum Gasteiger partial charge on any atom is -0.456 e. The number of ether oxygens (including phenoxy) is 3. The average Bonchev–Trinajstić information content (AvgIpc) is 3.15. The van der Waals surface area contributed by atoms with Gasteiger partial charge in [-0.05, 0) is 19.1 Å². The van der Waals surface area contributed by atoms with Gasteiger partial charge in [0.05, 0.1) is 24.9 Å². The summed E-state index contributed by atoms with van der Waals surface area (Å²) in [4.78, 5) is 35.2. The lowest BCUT2D eigenvalue weighted by Gasteiger charge is -2.44. The van der Waals surface area contributed by atoms with Crippen molar-refractivity contribution in [2.24, 2.45) is 0 Å². The van der Waals surface area contributed by atoms with E-state index >= 15 is 0 Å². The van der Waals surface area contributed by atoms with Gasteiger partial charge in [0, 0.05) is 26.3 Å². The van der Waals surface area contributed by atoms with Crippen molar-refractivity contribution >= 4 is 17.8 Å². The molecule has 1 aromatic carbocycles. The second-order valence-corrected chi connectivity index (χ2v) is 7.59. The third-order valence-electron chi connectivity index (χ3n) is 4.94. The van der Waals surface area contributed by atoms with Gasteiger partial charge >= 0.3 is 11.9 Å². The molecule has 0 aliphatic carbocycles. The van der Waals surface area contributed by atoms with Crippen molar-refractivity contribution in [1.29, 1.82) is 0 Å². The van der Waals surface area contributed by atoms with Gasteiger partial charge in [-0.1, -0.05) is 17.3 Å². The molecule has 3 rings (SSSR count). The number of rotatable bonds is 6. The molecule has 1 aliphatic rings. The number of amides is 1. The maximum absolute atomic E-state index is 13.5. The van der Waals surface area contributed by atoms with Crippen LogP contribution in [0.25, 0.3) is 11.3 Å². The van der Waals surface area contributed by atoms with Gasteiger partial charge in [0.15, 0.2) is 12.2 Å². The summed E-state index contributed by atoms with van der Waals surface area (Å²) in [5.41, 5.74) is 0.999. The minimum atomic E-state index is -1.01. The molecular weight excluding hydrogens is 423 g/mol. The van der Waals surface area contributed by atoms with Gasteiger partial charge in [0.25, 0.3) is 0 Å². The first-order chi connectivity index (χ1) is 15.1. The Balaban J connectivity index is 1.87. The van der Waals surface area contributed by atoms with Gasteiger partial charge in [-0.15, -0.1) is 5.10 Å². The highest BCUT2D eigenvalue weighted by Crippen LogP contribution is 2.28. The standard InChI is InChI=1S/C21H25FN4O6/c1-11-19(23-12(2)27)21(32-14(4)29)20(31-13(3)28)18(30-11)10-26-9-17(24-25-26)15-6-5-7-16(22)8-15/h5-9,11,18-21H,10H2,1-4H3,(H,23,27). The summed E-state index contributed by atoms with van der Waals surface area (Å²) >= 11 is 0. The molecule has 32 heavy (non-hydrogen) atoms. The van der Waals surface area contributed by atoms with Crippen molar-refractivity contribution in [1.82, 2.24) is 20.3 Å². The second kappa shape index (κ2) is 9.86. The largest absolute Gasteiger partial charge is 0.456 e. The zero-order valence-corrected chi connectivity index (χ0v) is 18.1. The van der Waals surface area contributed by atoms with E-state index in [1.165, 1.54) is 37.6 Å². The summed E-state index contributed by atoms with van der Waals surface area (Å²) in [5.74, 6) is -1.94. The first kappa shape index (κ1) is 23.3. The zero-order valence-electron chi connectivity index (χ0n) is 18.1. The molecule has 1 saturated heterocycles. The molecule has 1 aromatic heterocycles. The SMILES string of the molecule is CC(=O)NC1C(C)OC(Cn2cc(-c3cccc(F)c3)nn2)C(OC(C)=O)C1OC(C)=O. The van der Waals surface area contributed by atoms with Crippen molar-refractivity contribution < 1.29 is 33.0 Å². The molecule has 0 radical (unpaired) electrons. The molecular formula is C21H25FN4O6. The summed E-state index contributed by atoms with van der Waals surface area (Å²) in [6.45, 7) is 5.61. The highest BCUT2D eigenvalue weighted by Gasteiger charge is 2.49. The van der Waals surface area contributed by atoms with Crippen LogP contribution in [0, 0.1) is 5.82 Å². The van der Waals surface area contributed by atoms with Crippen molar-refractivity contribution in [2.45, 2.75) is 64.7 Å². The third kappa shape index (κ3) is 5.67. The van der Waals surface area contributed by atoms with E-state index in [4.69, 9.17) is 14.2 Å². The molecule has 5 atom stereocenters. The number of esters is 2. The number of carbonyl (C=O) groups is 3. The third-order valence-corrected chi connectivity index (χ3v) is 4.94. The molecule has 0 spiro atoms. The van der Waals surface area contributed by atoms with E-state index in [-0.39, 0.29) is 12.5 Å². The summed E-state index contributed by atoms with van der Waals surface area (Å²) in [6, 6.07) is 5.21. The van der Waals surface area contributed by atoms with E-state index in [9.17, 15) is 18.8 Å². The lowest BCUT2D eigenvalue weighted by atomic mass is 9.92. The number of halogens is 1. The molecule has 2 heterocycles. The molecule has 0 saturated carbocycles. The van der Waals surface area contributed by atoms with Crippen LogP contribution in [-0.4, -0.2) is 63.3 Å². The Morgan fingerprint density at radius 2 is 1.84 bits per heavy atom. The quantitative estimate of drug-likeness (QED) is 0.655. The normalized spacial score (nSPS) is 25.1. The van der Waals surface area contributed by atoms with Gasteiger partial charge in [0.2, 0.25) is 5.91 Å². The molecule has 2 aromatic rings. The smallest absolute Gasteiger partial charge is 0.303 e. The molecule has 1 aliphatic heterocycles. The Hall–Kier alpha value is -3.34. The number of nitrogens with one attached hydrogen (secondary N) is 1. The lowest BCUT2D eigenvalue weighted by Crippen LogP contribution is -2.65. The van der Waals surface area contributed by atoms with Crippen LogP contribution in [0.4, 0.5) is 4.39 Å². The van der Waals surface area contributed by atoms with Crippen molar-refractivity contribution in [2.75, 3.05) is 0 Å². The number of hydrogen-bond donors (Lipinski definition) is 1. The summed E-state index contributed by atoms with van der Waals surface area (Å²) in [5, 5.41) is 10.8. The Bertz CT molecular complexity index is 996. The molecule has 172 valence electrons. The lowest BCUT2D eigenvalue weighted by molar-refractivity contribution is -0.215. The molecule has 1 fully saturated rings. The van der Waals surface area contributed by atoms with E-state index in [1.54, 1.807) is 25.3 Å². The highest BCUT2D eigenvalue weighted by molar-refractivity contribution is 5.73. The summed E-state index contributed by atoms with van der Waals surface area (Å²) in [6.07, 6.45) is -1.70. The van der Waals surface area contributed by atoms with E-state index in [1.807, 2.05) is 0 Å². The van der Waals surface area contributed by atoms with Gasteiger partial charge in [-0.3, -0.25) is 14.4 Å². The van der Waals surface area contributed by atoms with Crippen LogP contribution in [-0.2, 0) is 35.1 Å². The summed E-state index contributed by atoms with van der Waals surface area (Å²) in [7, 11) is 0. The fraction of sp³-hybridized carbons (Fsp3) is 0.476. The Morgan fingerprint density at radius 1 is 1.16 bits per heavy atom. The molecule has 5 unspecified atom stereocenters. The zero-order chi connectivity index (χ0) is 23.4. The average molecular weight is 448 g/mol. The minimum absolute atomic E-state index is 0.106. The van der Waals surface area contributed by atoms with Gasteiger partial charge in [0.1, 0.15) is 17.6 Å². The maximum atomic E-state index is 13.5. The van der Waals surface area contributed by atoms with Crippen LogP contribution in [0.5, 0.6) is 0 Å². The van der Waals surface area contributed by atoms with Crippen molar-refractivity contribution in [3.63, 3.8) is 0 Å². The van der Waals surface area contributed by atoms with Crippen LogP contribution in [0.15, 0.2) is 30.5 Å². The number of nitrogens with zero attached hydrogens (tertiary/aromatic N) is 3. The monoisotopic (exact) mass is 448 g/mol. The van der Waals surface area contributed by atoms with Crippen LogP contribution >= 0.6 is 0 Å². The van der Waals surface area contributed by atoms with Crippen LogP contribution in [0.3, 0.4) is 0 Å². The molecule has 0 bridgehead atoms. The Kier molecular flexibility index (Phi) is 7.18. The van der Waals surface area contributed by atoms with Crippen LogP contribution < -0.4 is 5.32 Å². The maximum Gasteiger partial charge on any atom is 0.303 e. The van der Waals surface area contributed by atoms with E-state index in [0.29, 0.717) is 11.3 Å². The highest BCUT2D eigenvalue weighted by atomic mass is 19.1. The molecule has 1 N–H and O–H groups in total. The van der Waals surface area contributed by atoms with Crippen LogP contribution in [0.1, 0.15) is 27.7 Å². The number of benzene rings is 1. The number of aromatic nitrogens is 3. The van der Waals surface area contributed by atoms with Gasteiger partial charge < -0.3 is 19.5 Å². The van der Waals surface area contributed by atoms with Gasteiger partial charge in [-0.25, -0.2) is 9.07 Å². The van der Waals surface area contributed by atoms with E-state index < -0.39 is 48.2 Å². The fourth-order valence-corrected chi connectivity index (χ4v) is 3.72. The fourth-order valence-electron chi connectivity index (χ4n) is 3.72. The Labute approximate surface area is 184 Å². The summed E-state index contributed by atoms with van der Waals surface area (Å²) < 4.78 is 31.9. The van der Waals surface area contributed by atoms with Crippen LogP contribution in [0.2, 0.25) is 0 Å². The molecule has 10 nitrogen and oxygen atoms in total. The second-order valence-electron chi connectivity index (χ2n) is 7.59. The van der Waals surface area contributed by atoms with E-state index in [0.717, 1.165) is 0 Å². The first-order valence-electron chi connectivity index (χ1n) is 10.1. The molecule has 11 heteroatoms. The predicted molar refractivity (Wildman–Crippen MR) is 108 cm³/mol. The predicted octanol–water partition coefficient (Wildman–Crippen LogP) is 1.24. The van der Waals surface area contributed by atoms with Gasteiger partial charge in [-0.2, -0.15) is 0 Å². The molecule has 1 amide bonds. The topological polar surface area (TPSA) is 122 Å². The first-order valence-corrected chi connectivity index (χ1v) is 10.1. The Morgan fingerprint density at radius 3 is 2.47 bits per heavy atom. The van der Waals surface area contributed by atoms with E-state index in [2.05, 4.69) is 15.6 Å². The number of carbonyl (C=O) groups excluding carboxylic acids is 3. The van der Waals surface area contributed by atoms with Crippen molar-refractivity contribution in [3.05, 3.63) is 36.3 Å². The number of hydrogen-bond acceptors (Lipinski definition) is 8. The van der Waals surface area contributed by atoms with Crippen molar-refractivity contribution in [3.8, 4) is 11.3 Å².